The lowest BCUT2D eigenvalue weighted by Gasteiger charge is -2.33. The minimum Gasteiger partial charge on any atom is -0.357 e. The number of likely N-dealkylation sites (tertiary alicyclic amines) is 1. The van der Waals surface area contributed by atoms with Crippen LogP contribution in [0.4, 0.5) is 0 Å². The van der Waals surface area contributed by atoms with Gasteiger partial charge >= 0.3 is 0 Å². The molecule has 2 aromatic heterocycles. The van der Waals surface area contributed by atoms with Crippen molar-refractivity contribution in [3.63, 3.8) is 0 Å². The molecule has 0 unspecified atom stereocenters. The molecule has 6 nitrogen and oxygen atoms in total. The zero-order chi connectivity index (χ0) is 21.6. The number of benzene rings is 1. The highest BCUT2D eigenvalue weighted by molar-refractivity contribution is 14.0. The topological polar surface area (TPSA) is 57.0 Å². The van der Waals surface area contributed by atoms with Crippen molar-refractivity contribution in [2.45, 2.75) is 45.8 Å². The molecule has 1 aromatic carbocycles. The van der Waals surface area contributed by atoms with Gasteiger partial charge < -0.3 is 15.0 Å². The second kappa shape index (κ2) is 11.9. The first-order valence-electron chi connectivity index (χ1n) is 11.1. The third kappa shape index (κ3) is 6.59. The molecule has 1 aliphatic rings. The molecule has 2 N–H and O–H groups in total. The number of fused-ring (bicyclic) bond motifs is 1. The van der Waals surface area contributed by atoms with E-state index in [0.717, 1.165) is 61.3 Å². The van der Waals surface area contributed by atoms with Gasteiger partial charge in [-0.1, -0.05) is 29.8 Å². The summed E-state index contributed by atoms with van der Waals surface area (Å²) in [7, 11) is 0. The van der Waals surface area contributed by atoms with Crippen molar-refractivity contribution >= 4 is 47.2 Å². The number of aromatic nitrogens is 2. The van der Waals surface area contributed by atoms with Gasteiger partial charge in [0, 0.05) is 49.1 Å². The van der Waals surface area contributed by atoms with Gasteiger partial charge in [0.05, 0.1) is 12.2 Å². The van der Waals surface area contributed by atoms with E-state index >= 15 is 0 Å². The van der Waals surface area contributed by atoms with Gasteiger partial charge in [-0.2, -0.15) is 0 Å². The molecule has 0 saturated carbocycles. The number of halogens is 2. The number of imidazole rings is 1. The maximum absolute atomic E-state index is 6.00. The van der Waals surface area contributed by atoms with Crippen LogP contribution in [0.25, 0.3) is 5.65 Å². The van der Waals surface area contributed by atoms with E-state index in [1.807, 2.05) is 24.3 Å². The van der Waals surface area contributed by atoms with Gasteiger partial charge in [0.2, 0.25) is 0 Å². The number of nitrogens with zero attached hydrogens (tertiary/aromatic N) is 4. The molecule has 32 heavy (non-hydrogen) atoms. The van der Waals surface area contributed by atoms with Gasteiger partial charge in [-0.3, -0.25) is 4.90 Å². The van der Waals surface area contributed by atoms with Crippen LogP contribution in [0.3, 0.4) is 0 Å². The minimum absolute atomic E-state index is 0. The van der Waals surface area contributed by atoms with Crippen molar-refractivity contribution < 1.29 is 0 Å². The van der Waals surface area contributed by atoms with E-state index < -0.39 is 0 Å². The normalized spacial score (nSPS) is 15.5. The molecule has 1 fully saturated rings. The van der Waals surface area contributed by atoms with E-state index in [9.17, 15) is 0 Å². The van der Waals surface area contributed by atoms with Gasteiger partial charge in [0.15, 0.2) is 5.96 Å². The second-order valence-electron chi connectivity index (χ2n) is 8.14. The van der Waals surface area contributed by atoms with Crippen LogP contribution in [0, 0.1) is 6.92 Å². The van der Waals surface area contributed by atoms with Crippen molar-refractivity contribution in [2.75, 3.05) is 19.6 Å². The molecular formula is C24H32ClIN6. The maximum atomic E-state index is 6.00. The van der Waals surface area contributed by atoms with E-state index in [1.54, 1.807) is 0 Å². The highest BCUT2D eigenvalue weighted by Gasteiger charge is 2.20. The molecular weight excluding hydrogens is 535 g/mol. The Hall–Kier alpha value is -1.84. The monoisotopic (exact) mass is 566 g/mol. The zero-order valence-corrected chi connectivity index (χ0v) is 21.8. The molecule has 0 aliphatic carbocycles. The first kappa shape index (κ1) is 24.8. The number of piperidine rings is 1. The average Bonchev–Trinajstić information content (AvgIpc) is 3.20. The lowest BCUT2D eigenvalue weighted by atomic mass is 10.0. The predicted molar refractivity (Wildman–Crippen MR) is 143 cm³/mol. The van der Waals surface area contributed by atoms with Crippen LogP contribution in [0.1, 0.15) is 36.7 Å². The Morgan fingerprint density at radius 2 is 1.91 bits per heavy atom. The van der Waals surface area contributed by atoms with Crippen LogP contribution >= 0.6 is 35.6 Å². The highest BCUT2D eigenvalue weighted by atomic mass is 127. The Balaban J connectivity index is 0.00000289. The smallest absolute Gasteiger partial charge is 0.191 e. The van der Waals surface area contributed by atoms with E-state index in [2.05, 4.69) is 58.2 Å². The molecule has 0 radical (unpaired) electrons. The number of hydrogen-bond donors (Lipinski definition) is 2. The molecule has 0 atom stereocenters. The average molecular weight is 567 g/mol. The number of aryl methyl sites for hydroxylation is 1. The van der Waals surface area contributed by atoms with Crippen LogP contribution in [0.15, 0.2) is 53.7 Å². The summed E-state index contributed by atoms with van der Waals surface area (Å²) in [5, 5.41) is 7.80. The van der Waals surface area contributed by atoms with Gasteiger partial charge in [-0.15, -0.1) is 24.0 Å². The van der Waals surface area contributed by atoms with Gasteiger partial charge in [0.1, 0.15) is 5.65 Å². The summed E-state index contributed by atoms with van der Waals surface area (Å²) < 4.78 is 2.11. The third-order valence-corrected chi connectivity index (χ3v) is 5.99. The molecule has 3 aromatic rings. The Bertz CT molecular complexity index is 1020. The number of pyridine rings is 1. The molecule has 3 heterocycles. The van der Waals surface area contributed by atoms with Crippen molar-refractivity contribution in [2.24, 2.45) is 4.99 Å². The molecule has 0 bridgehead atoms. The summed E-state index contributed by atoms with van der Waals surface area (Å²) in [5.74, 6) is 0.868. The molecule has 8 heteroatoms. The van der Waals surface area contributed by atoms with E-state index in [-0.39, 0.29) is 24.0 Å². The minimum atomic E-state index is 0. The molecule has 1 saturated heterocycles. The van der Waals surface area contributed by atoms with Crippen molar-refractivity contribution in [1.29, 1.82) is 0 Å². The Labute approximate surface area is 212 Å². The molecule has 172 valence electrons. The van der Waals surface area contributed by atoms with Crippen LogP contribution in [-0.4, -0.2) is 45.9 Å². The SMILES string of the molecule is CCNC(=NCc1cn2c(C)cccc2n1)NC1CCN(Cc2ccc(Cl)cc2)CC1.I. The number of hydrogen-bond acceptors (Lipinski definition) is 3. The van der Waals surface area contributed by atoms with Gasteiger partial charge in [-0.05, 0) is 56.5 Å². The summed E-state index contributed by atoms with van der Waals surface area (Å²) in [4.78, 5) is 12.0. The fourth-order valence-corrected chi connectivity index (χ4v) is 4.16. The fraction of sp³-hybridized carbons (Fsp3) is 0.417. The Kier molecular flexibility index (Phi) is 9.19. The molecule has 0 amide bonds. The fourth-order valence-electron chi connectivity index (χ4n) is 4.03. The Morgan fingerprint density at radius 3 is 2.59 bits per heavy atom. The number of nitrogens with one attached hydrogen (secondary N) is 2. The summed E-state index contributed by atoms with van der Waals surface area (Å²) in [6, 6.07) is 14.8. The van der Waals surface area contributed by atoms with Crippen LogP contribution in [0.5, 0.6) is 0 Å². The van der Waals surface area contributed by atoms with Crippen LogP contribution < -0.4 is 10.6 Å². The summed E-state index contributed by atoms with van der Waals surface area (Å²) in [6.45, 7) is 8.71. The predicted octanol–water partition coefficient (Wildman–Crippen LogP) is 4.63. The molecule has 0 spiro atoms. The van der Waals surface area contributed by atoms with Crippen LogP contribution in [0.2, 0.25) is 5.02 Å². The van der Waals surface area contributed by atoms with E-state index in [4.69, 9.17) is 21.6 Å². The largest absolute Gasteiger partial charge is 0.357 e. The number of aliphatic imine (C=N–C) groups is 1. The summed E-state index contributed by atoms with van der Waals surface area (Å²) in [5.41, 5.74) is 4.43. The quantitative estimate of drug-likeness (QED) is 0.260. The summed E-state index contributed by atoms with van der Waals surface area (Å²) >= 11 is 6.00. The lowest BCUT2D eigenvalue weighted by molar-refractivity contribution is 0.198. The third-order valence-electron chi connectivity index (χ3n) is 5.74. The van der Waals surface area contributed by atoms with Gasteiger partial charge in [-0.25, -0.2) is 9.98 Å². The van der Waals surface area contributed by atoms with Gasteiger partial charge in [0.25, 0.3) is 0 Å². The van der Waals surface area contributed by atoms with Crippen molar-refractivity contribution in [3.05, 3.63) is 70.6 Å². The van der Waals surface area contributed by atoms with Crippen molar-refractivity contribution in [1.82, 2.24) is 24.9 Å². The standard InChI is InChI=1S/C24H31ClN6.HI/c1-3-26-24(27-15-22-17-31-18(2)5-4-6-23(31)28-22)29-21-11-13-30(14-12-21)16-19-7-9-20(25)10-8-19;/h4-10,17,21H,3,11-16H2,1-2H3,(H2,26,27,29);1H. The first-order valence-corrected chi connectivity index (χ1v) is 11.4. The molecule has 1 aliphatic heterocycles. The van der Waals surface area contributed by atoms with Crippen molar-refractivity contribution in [3.8, 4) is 0 Å². The van der Waals surface area contributed by atoms with E-state index in [1.165, 1.54) is 11.3 Å². The van der Waals surface area contributed by atoms with Crippen LogP contribution in [-0.2, 0) is 13.1 Å². The maximum Gasteiger partial charge on any atom is 0.191 e. The number of guanidine groups is 1. The summed E-state index contributed by atoms with van der Waals surface area (Å²) in [6.07, 6.45) is 4.28. The lowest BCUT2D eigenvalue weighted by Crippen LogP contribution is -2.48. The second-order valence-corrected chi connectivity index (χ2v) is 8.58. The Morgan fingerprint density at radius 1 is 1.16 bits per heavy atom. The first-order chi connectivity index (χ1) is 15.1. The number of rotatable bonds is 6. The highest BCUT2D eigenvalue weighted by Crippen LogP contribution is 2.16. The molecule has 4 rings (SSSR count). The zero-order valence-electron chi connectivity index (χ0n) is 18.7. The van der Waals surface area contributed by atoms with E-state index in [0.29, 0.717) is 12.6 Å².